The Balaban J connectivity index is 2.42. The Morgan fingerprint density at radius 1 is 1.16 bits per heavy atom. The normalized spacial score (nSPS) is 10.0. The molecule has 0 atom stereocenters. The molecular formula is C15H12Br2N2. The highest BCUT2D eigenvalue weighted by Crippen LogP contribution is 2.29. The van der Waals surface area contributed by atoms with Gasteiger partial charge in [-0.1, -0.05) is 28.9 Å². The van der Waals surface area contributed by atoms with E-state index in [2.05, 4.69) is 56.2 Å². The molecule has 0 aliphatic rings. The second-order valence-electron chi connectivity index (χ2n) is 4.05. The maximum atomic E-state index is 9.22. The molecule has 2 nitrogen and oxygen atoms in total. The van der Waals surface area contributed by atoms with E-state index in [0.29, 0.717) is 5.56 Å². The van der Waals surface area contributed by atoms with Gasteiger partial charge in [0.05, 0.1) is 11.3 Å². The van der Waals surface area contributed by atoms with Crippen molar-refractivity contribution >= 4 is 43.2 Å². The SMILES string of the molecule is CCc1cc(Br)ccc1Nc1cccc(Br)c1C#N. The van der Waals surface area contributed by atoms with Crippen LogP contribution in [0.3, 0.4) is 0 Å². The molecule has 0 heterocycles. The zero-order chi connectivity index (χ0) is 13.8. The summed E-state index contributed by atoms with van der Waals surface area (Å²) in [5.74, 6) is 0. The van der Waals surface area contributed by atoms with E-state index in [0.717, 1.165) is 26.7 Å². The quantitative estimate of drug-likeness (QED) is 0.775. The maximum absolute atomic E-state index is 9.22. The minimum atomic E-state index is 0.618. The van der Waals surface area contributed by atoms with E-state index in [1.54, 1.807) is 0 Å². The summed E-state index contributed by atoms with van der Waals surface area (Å²) in [6.45, 7) is 2.11. The average Bonchev–Trinajstić information content (AvgIpc) is 2.41. The van der Waals surface area contributed by atoms with Crippen molar-refractivity contribution in [1.82, 2.24) is 0 Å². The number of benzene rings is 2. The number of aryl methyl sites for hydroxylation is 1. The Morgan fingerprint density at radius 3 is 2.63 bits per heavy atom. The highest BCUT2D eigenvalue weighted by molar-refractivity contribution is 9.10. The second-order valence-corrected chi connectivity index (χ2v) is 5.82. The fraction of sp³-hybridized carbons (Fsp3) is 0.133. The van der Waals surface area contributed by atoms with E-state index in [1.807, 2.05) is 30.3 Å². The molecule has 0 unspecified atom stereocenters. The molecule has 0 fully saturated rings. The fourth-order valence-corrected chi connectivity index (χ4v) is 2.73. The number of anilines is 2. The van der Waals surface area contributed by atoms with Gasteiger partial charge in [-0.2, -0.15) is 5.26 Å². The first-order valence-electron chi connectivity index (χ1n) is 5.89. The van der Waals surface area contributed by atoms with Crippen LogP contribution in [0.4, 0.5) is 11.4 Å². The molecular weight excluding hydrogens is 368 g/mol. The number of hydrogen-bond donors (Lipinski definition) is 1. The summed E-state index contributed by atoms with van der Waals surface area (Å²) in [7, 11) is 0. The highest BCUT2D eigenvalue weighted by atomic mass is 79.9. The van der Waals surface area contributed by atoms with Gasteiger partial charge in [0.25, 0.3) is 0 Å². The molecule has 2 aromatic carbocycles. The van der Waals surface area contributed by atoms with E-state index in [1.165, 1.54) is 5.56 Å². The Kier molecular flexibility index (Phi) is 4.62. The van der Waals surface area contributed by atoms with Crippen LogP contribution in [0.2, 0.25) is 0 Å². The largest absolute Gasteiger partial charge is 0.354 e. The molecule has 0 bridgehead atoms. The van der Waals surface area contributed by atoms with Gasteiger partial charge in [-0.25, -0.2) is 0 Å². The van der Waals surface area contributed by atoms with E-state index in [4.69, 9.17) is 0 Å². The standard InChI is InChI=1S/C15H12Br2N2/c1-2-10-8-11(16)6-7-14(10)19-15-5-3-4-13(17)12(15)9-18/h3-8,19H,2H2,1H3. The summed E-state index contributed by atoms with van der Waals surface area (Å²) in [5, 5.41) is 12.6. The first kappa shape index (κ1) is 14.1. The van der Waals surface area contributed by atoms with Crippen molar-refractivity contribution in [3.8, 4) is 6.07 Å². The Morgan fingerprint density at radius 2 is 1.95 bits per heavy atom. The van der Waals surface area contributed by atoms with Crippen LogP contribution >= 0.6 is 31.9 Å². The maximum Gasteiger partial charge on any atom is 0.103 e. The van der Waals surface area contributed by atoms with Crippen LogP contribution < -0.4 is 5.32 Å². The van der Waals surface area contributed by atoms with Crippen LogP contribution in [0.5, 0.6) is 0 Å². The summed E-state index contributed by atoms with van der Waals surface area (Å²) in [5.41, 5.74) is 3.67. The van der Waals surface area contributed by atoms with Crippen molar-refractivity contribution in [2.75, 3.05) is 5.32 Å². The minimum absolute atomic E-state index is 0.618. The van der Waals surface area contributed by atoms with Crippen molar-refractivity contribution in [2.24, 2.45) is 0 Å². The number of rotatable bonds is 3. The van der Waals surface area contributed by atoms with E-state index >= 15 is 0 Å². The highest BCUT2D eigenvalue weighted by Gasteiger charge is 2.08. The first-order chi connectivity index (χ1) is 9.15. The molecule has 19 heavy (non-hydrogen) atoms. The van der Waals surface area contributed by atoms with Gasteiger partial charge < -0.3 is 5.32 Å². The molecule has 4 heteroatoms. The van der Waals surface area contributed by atoms with Crippen molar-refractivity contribution in [2.45, 2.75) is 13.3 Å². The molecule has 0 aliphatic carbocycles. The average molecular weight is 380 g/mol. The van der Waals surface area contributed by atoms with Crippen LogP contribution in [0.15, 0.2) is 45.3 Å². The Labute approximate surface area is 129 Å². The van der Waals surface area contributed by atoms with Crippen LogP contribution in [0, 0.1) is 11.3 Å². The summed E-state index contributed by atoms with van der Waals surface area (Å²) in [4.78, 5) is 0. The van der Waals surface area contributed by atoms with Gasteiger partial charge in [0, 0.05) is 14.6 Å². The van der Waals surface area contributed by atoms with Crippen LogP contribution in [0.1, 0.15) is 18.1 Å². The molecule has 96 valence electrons. The summed E-state index contributed by atoms with van der Waals surface area (Å²) >= 11 is 6.87. The first-order valence-corrected chi connectivity index (χ1v) is 7.48. The van der Waals surface area contributed by atoms with Gasteiger partial charge in [0.2, 0.25) is 0 Å². The Hall–Kier alpha value is -1.31. The van der Waals surface area contributed by atoms with Crippen LogP contribution in [-0.2, 0) is 6.42 Å². The molecule has 2 aromatic rings. The zero-order valence-corrected chi connectivity index (χ0v) is 13.5. The van der Waals surface area contributed by atoms with Crippen LogP contribution in [-0.4, -0.2) is 0 Å². The van der Waals surface area contributed by atoms with Gasteiger partial charge in [0.1, 0.15) is 6.07 Å². The van der Waals surface area contributed by atoms with Crippen molar-refractivity contribution in [3.05, 3.63) is 56.5 Å². The molecule has 1 N–H and O–H groups in total. The predicted octanol–water partition coefficient (Wildman–Crippen LogP) is 5.39. The predicted molar refractivity (Wildman–Crippen MR) is 85.7 cm³/mol. The molecule has 0 radical (unpaired) electrons. The molecule has 0 saturated heterocycles. The van der Waals surface area contributed by atoms with E-state index in [-0.39, 0.29) is 0 Å². The molecule has 0 spiro atoms. The fourth-order valence-electron chi connectivity index (χ4n) is 1.86. The molecule has 0 saturated carbocycles. The number of halogens is 2. The van der Waals surface area contributed by atoms with Crippen molar-refractivity contribution in [1.29, 1.82) is 5.26 Å². The van der Waals surface area contributed by atoms with Crippen LogP contribution in [0.25, 0.3) is 0 Å². The van der Waals surface area contributed by atoms with Crippen molar-refractivity contribution in [3.63, 3.8) is 0 Å². The summed E-state index contributed by atoms with van der Waals surface area (Å²) in [6, 6.07) is 14.0. The molecule has 0 amide bonds. The molecule has 2 rings (SSSR count). The van der Waals surface area contributed by atoms with Crippen molar-refractivity contribution < 1.29 is 0 Å². The lowest BCUT2D eigenvalue weighted by Crippen LogP contribution is -1.98. The lowest BCUT2D eigenvalue weighted by Gasteiger charge is -2.13. The smallest absolute Gasteiger partial charge is 0.103 e. The van der Waals surface area contributed by atoms with E-state index in [9.17, 15) is 5.26 Å². The Bertz CT molecular complexity index is 645. The second kappa shape index (κ2) is 6.23. The third-order valence-corrected chi connectivity index (χ3v) is 4.00. The van der Waals surface area contributed by atoms with Gasteiger partial charge in [0.15, 0.2) is 0 Å². The summed E-state index contributed by atoms with van der Waals surface area (Å²) < 4.78 is 1.86. The monoisotopic (exact) mass is 378 g/mol. The number of hydrogen-bond acceptors (Lipinski definition) is 2. The number of nitriles is 1. The molecule has 0 aromatic heterocycles. The zero-order valence-electron chi connectivity index (χ0n) is 10.4. The van der Waals surface area contributed by atoms with E-state index < -0.39 is 0 Å². The number of nitrogens with one attached hydrogen (secondary N) is 1. The third kappa shape index (κ3) is 3.17. The third-order valence-electron chi connectivity index (χ3n) is 2.84. The van der Waals surface area contributed by atoms with Gasteiger partial charge in [-0.05, 0) is 58.2 Å². The molecule has 0 aliphatic heterocycles. The summed E-state index contributed by atoms with van der Waals surface area (Å²) in [6.07, 6.45) is 0.928. The lowest BCUT2D eigenvalue weighted by molar-refractivity contribution is 1.14. The van der Waals surface area contributed by atoms with Gasteiger partial charge in [-0.3, -0.25) is 0 Å². The van der Waals surface area contributed by atoms with Gasteiger partial charge >= 0.3 is 0 Å². The number of nitrogens with zero attached hydrogens (tertiary/aromatic N) is 1. The minimum Gasteiger partial charge on any atom is -0.354 e. The topological polar surface area (TPSA) is 35.8 Å². The van der Waals surface area contributed by atoms with Gasteiger partial charge in [-0.15, -0.1) is 0 Å². The lowest BCUT2D eigenvalue weighted by atomic mass is 10.1.